The van der Waals surface area contributed by atoms with E-state index in [4.69, 9.17) is 4.42 Å². The summed E-state index contributed by atoms with van der Waals surface area (Å²) in [5.41, 5.74) is 0.0827. The minimum Gasteiger partial charge on any atom is -0.451 e. The average molecular weight is 446 g/mol. The fourth-order valence-electron chi connectivity index (χ4n) is 1.32. The largest absolute Gasteiger partial charge is 0.451 e. The van der Waals surface area contributed by atoms with Crippen molar-refractivity contribution in [1.82, 2.24) is 0 Å². The highest BCUT2D eigenvalue weighted by molar-refractivity contribution is 9.13. The van der Waals surface area contributed by atoms with Crippen molar-refractivity contribution in [2.75, 3.05) is 5.32 Å². The van der Waals surface area contributed by atoms with E-state index in [2.05, 4.69) is 53.1 Å². The lowest BCUT2D eigenvalue weighted by atomic mass is 10.3. The van der Waals surface area contributed by atoms with Crippen molar-refractivity contribution in [3.8, 4) is 0 Å². The van der Waals surface area contributed by atoms with Gasteiger partial charge in [0.25, 0.3) is 0 Å². The average Bonchev–Trinajstić information content (AvgIpc) is 2.62. The third-order valence-electron chi connectivity index (χ3n) is 2.16. The molecule has 0 unspecified atom stereocenters. The van der Waals surface area contributed by atoms with Gasteiger partial charge < -0.3 is 9.73 Å². The van der Waals surface area contributed by atoms with Crippen LogP contribution in [0, 0.1) is 11.6 Å². The summed E-state index contributed by atoms with van der Waals surface area (Å²) in [5, 5.41) is 2.77. The Balaban J connectivity index is 2.13. The predicted molar refractivity (Wildman–Crippen MR) is 75.5 cm³/mol. The maximum Gasteiger partial charge on any atom is 0.183 e. The molecule has 96 valence electrons. The van der Waals surface area contributed by atoms with E-state index in [1.165, 1.54) is 0 Å². The zero-order valence-electron chi connectivity index (χ0n) is 8.74. The van der Waals surface area contributed by atoms with E-state index >= 15 is 0 Å². The molecule has 1 N–H and O–H groups in total. The van der Waals surface area contributed by atoms with E-state index in [9.17, 15) is 8.78 Å². The van der Waals surface area contributed by atoms with Gasteiger partial charge in [0.05, 0.1) is 21.2 Å². The topological polar surface area (TPSA) is 25.2 Å². The minimum absolute atomic E-state index is 0.0827. The molecular formula is C11H6Br3F2NO. The standard InChI is InChI=1S/C11H6Br3F2NO/c12-6-2-9(16)10(3-8(6)15)17-4-5-1-7(13)11(14)18-5/h1-3,17H,4H2. The van der Waals surface area contributed by atoms with Crippen LogP contribution >= 0.6 is 47.8 Å². The van der Waals surface area contributed by atoms with Gasteiger partial charge >= 0.3 is 0 Å². The molecule has 2 rings (SSSR count). The van der Waals surface area contributed by atoms with Crippen LogP contribution in [-0.4, -0.2) is 0 Å². The van der Waals surface area contributed by atoms with Gasteiger partial charge in [-0.3, -0.25) is 0 Å². The van der Waals surface area contributed by atoms with Crippen LogP contribution in [0.1, 0.15) is 5.76 Å². The molecule has 2 nitrogen and oxygen atoms in total. The first kappa shape index (κ1) is 14.0. The molecule has 0 atom stereocenters. The van der Waals surface area contributed by atoms with Crippen LogP contribution in [0.4, 0.5) is 14.5 Å². The molecule has 0 aliphatic rings. The van der Waals surface area contributed by atoms with E-state index in [-0.39, 0.29) is 16.7 Å². The fraction of sp³-hybridized carbons (Fsp3) is 0.0909. The molecule has 0 aliphatic carbocycles. The van der Waals surface area contributed by atoms with Crippen LogP contribution in [0.25, 0.3) is 0 Å². The van der Waals surface area contributed by atoms with Crippen LogP contribution in [0.5, 0.6) is 0 Å². The highest BCUT2D eigenvalue weighted by atomic mass is 79.9. The number of hydrogen-bond donors (Lipinski definition) is 1. The van der Waals surface area contributed by atoms with Crippen LogP contribution in [-0.2, 0) is 6.54 Å². The smallest absolute Gasteiger partial charge is 0.183 e. The van der Waals surface area contributed by atoms with Gasteiger partial charge in [0, 0.05) is 6.07 Å². The lowest BCUT2D eigenvalue weighted by molar-refractivity contribution is 0.493. The number of hydrogen-bond acceptors (Lipinski definition) is 2. The van der Waals surface area contributed by atoms with E-state index in [0.717, 1.165) is 16.6 Å². The van der Waals surface area contributed by atoms with Gasteiger partial charge in [-0.1, -0.05) is 0 Å². The monoisotopic (exact) mass is 443 g/mol. The molecule has 0 saturated carbocycles. The number of furan rings is 1. The summed E-state index contributed by atoms with van der Waals surface area (Å²) < 4.78 is 33.5. The molecule has 1 aromatic carbocycles. The van der Waals surface area contributed by atoms with E-state index in [1.807, 2.05) is 0 Å². The number of halogens is 5. The third kappa shape index (κ3) is 3.13. The van der Waals surface area contributed by atoms with Gasteiger partial charge in [0.1, 0.15) is 17.4 Å². The van der Waals surface area contributed by atoms with Gasteiger partial charge in [-0.05, 0) is 59.9 Å². The summed E-state index contributed by atoms with van der Waals surface area (Å²) in [6.45, 7) is 0.252. The summed E-state index contributed by atoms with van der Waals surface area (Å²) in [6.07, 6.45) is 0. The first-order valence-electron chi connectivity index (χ1n) is 4.79. The van der Waals surface area contributed by atoms with Crippen molar-refractivity contribution in [3.63, 3.8) is 0 Å². The second kappa shape index (κ2) is 5.71. The zero-order valence-corrected chi connectivity index (χ0v) is 13.5. The molecule has 2 aromatic rings. The second-order valence-corrected chi connectivity index (χ2v) is 5.86. The molecular weight excluding hydrogens is 440 g/mol. The normalized spacial score (nSPS) is 10.7. The molecule has 1 heterocycles. The van der Waals surface area contributed by atoms with Crippen molar-refractivity contribution in [3.05, 3.63) is 49.2 Å². The maximum absolute atomic E-state index is 13.5. The molecule has 0 fully saturated rings. The van der Waals surface area contributed by atoms with Crippen molar-refractivity contribution in [2.24, 2.45) is 0 Å². The van der Waals surface area contributed by atoms with Gasteiger partial charge in [0.15, 0.2) is 4.67 Å². The molecule has 18 heavy (non-hydrogen) atoms. The number of rotatable bonds is 3. The van der Waals surface area contributed by atoms with Gasteiger partial charge in [0.2, 0.25) is 0 Å². The number of anilines is 1. The first-order valence-corrected chi connectivity index (χ1v) is 7.17. The molecule has 0 amide bonds. The van der Waals surface area contributed by atoms with E-state index < -0.39 is 11.6 Å². The Morgan fingerprint density at radius 2 is 1.72 bits per heavy atom. The van der Waals surface area contributed by atoms with Crippen LogP contribution in [0.3, 0.4) is 0 Å². The Morgan fingerprint density at radius 1 is 1.00 bits per heavy atom. The van der Waals surface area contributed by atoms with Crippen molar-refractivity contribution in [1.29, 1.82) is 0 Å². The van der Waals surface area contributed by atoms with Crippen LogP contribution in [0.15, 0.2) is 36.2 Å². The molecule has 0 bridgehead atoms. The first-order chi connectivity index (χ1) is 8.47. The molecule has 0 saturated heterocycles. The Hall–Kier alpha value is -0.400. The predicted octanol–water partition coefficient (Wildman–Crippen LogP) is 5.46. The van der Waals surface area contributed by atoms with E-state index in [0.29, 0.717) is 10.4 Å². The molecule has 0 spiro atoms. The lowest BCUT2D eigenvalue weighted by Crippen LogP contribution is -2.01. The van der Waals surface area contributed by atoms with Crippen molar-refractivity contribution in [2.45, 2.75) is 6.54 Å². The SMILES string of the molecule is Fc1cc(NCc2cc(Br)c(Br)o2)c(F)cc1Br. The Labute approximate surface area is 127 Å². The highest BCUT2D eigenvalue weighted by Crippen LogP contribution is 2.28. The summed E-state index contributed by atoms with van der Waals surface area (Å²) >= 11 is 9.38. The summed E-state index contributed by atoms with van der Waals surface area (Å²) in [6, 6.07) is 3.91. The number of benzene rings is 1. The van der Waals surface area contributed by atoms with E-state index in [1.54, 1.807) is 6.07 Å². The minimum atomic E-state index is -0.534. The van der Waals surface area contributed by atoms with Crippen LogP contribution < -0.4 is 5.32 Å². The summed E-state index contributed by atoms with van der Waals surface area (Å²) in [4.78, 5) is 0. The Morgan fingerprint density at radius 3 is 2.33 bits per heavy atom. The molecule has 0 aliphatic heterocycles. The second-order valence-electron chi connectivity index (χ2n) is 3.43. The molecule has 7 heteroatoms. The van der Waals surface area contributed by atoms with Gasteiger partial charge in [-0.2, -0.15) is 0 Å². The fourth-order valence-corrected chi connectivity index (χ4v) is 2.29. The molecule has 0 radical (unpaired) electrons. The van der Waals surface area contributed by atoms with Gasteiger partial charge in [-0.15, -0.1) is 0 Å². The Kier molecular flexibility index (Phi) is 4.45. The zero-order chi connectivity index (χ0) is 13.3. The van der Waals surface area contributed by atoms with Crippen molar-refractivity contribution < 1.29 is 13.2 Å². The van der Waals surface area contributed by atoms with Gasteiger partial charge in [-0.25, -0.2) is 8.78 Å². The highest BCUT2D eigenvalue weighted by Gasteiger charge is 2.10. The number of nitrogens with one attached hydrogen (secondary N) is 1. The Bertz CT molecular complexity index is 566. The molecule has 1 aromatic heterocycles. The summed E-state index contributed by atoms with van der Waals surface area (Å²) in [5.74, 6) is -0.467. The quantitative estimate of drug-likeness (QED) is 0.635. The third-order valence-corrected chi connectivity index (χ3v) is 4.48. The van der Waals surface area contributed by atoms with Crippen molar-refractivity contribution >= 4 is 53.5 Å². The summed E-state index contributed by atoms with van der Waals surface area (Å²) in [7, 11) is 0. The lowest BCUT2D eigenvalue weighted by Gasteiger charge is -2.06. The maximum atomic E-state index is 13.5. The van der Waals surface area contributed by atoms with Crippen LogP contribution in [0.2, 0.25) is 0 Å².